The number of hydrogen-bond acceptors (Lipinski definition) is 0. The Kier molecular flexibility index (Phi) is 894. The topological polar surface area (TPSA) is 61.0 Å². The van der Waals surface area contributed by atoms with Crippen molar-refractivity contribution < 1.29 is 51.2 Å². The summed E-state index contributed by atoms with van der Waals surface area (Å²) in [6.07, 6.45) is 0. The molecule has 0 unspecified atom stereocenters. The van der Waals surface area contributed by atoms with Gasteiger partial charge in [0.25, 0.3) is 0 Å². The predicted molar refractivity (Wildman–Crippen MR) is 6.72 cm³/mol. The van der Waals surface area contributed by atoms with Crippen LogP contribution in [0.4, 0.5) is 0 Å². The molecule has 0 spiro atoms. The molecule has 0 atom stereocenters. The first-order chi connectivity index (χ1) is 0. The molecule has 3 radical (unpaired) electrons. The molecular formula is Mn3N2. The average molecular weight is 193 g/mol. The molecule has 0 N–H and O–H groups in total. The van der Waals surface area contributed by atoms with Crippen LogP contribution in [-0.2, 0) is 51.2 Å². The van der Waals surface area contributed by atoms with Crippen LogP contribution in [0.5, 0.6) is 0 Å². The van der Waals surface area contributed by atoms with E-state index in [-0.39, 0.29) is 63.5 Å². The molecule has 0 aromatic rings. The molecule has 0 aliphatic carbocycles. The van der Waals surface area contributed by atoms with Gasteiger partial charge in [-0.1, -0.05) is 0 Å². The van der Waals surface area contributed by atoms with Gasteiger partial charge in [-0.2, -0.15) is 0 Å². The molecule has 0 saturated carbocycles. The fourth-order valence-electron chi connectivity index (χ4n) is 0. The van der Waals surface area contributed by atoms with E-state index in [4.69, 9.17) is 0 Å². The second-order valence-corrected chi connectivity index (χ2v) is 0. The second-order valence-electron chi connectivity index (χ2n) is 0. The van der Waals surface area contributed by atoms with Gasteiger partial charge >= 0.3 is 51.2 Å². The van der Waals surface area contributed by atoms with E-state index < -0.39 is 0 Å². The number of nitrogens with zero attached hydrogens (tertiary/aromatic N) is 2. The Hall–Kier alpha value is 1.48. The Morgan fingerprint density at radius 3 is 0.400 bits per heavy atom. The van der Waals surface area contributed by atoms with Crippen molar-refractivity contribution in [3.63, 3.8) is 0 Å². The van der Waals surface area contributed by atoms with Crippen molar-refractivity contribution in [1.82, 2.24) is 0 Å². The first-order valence-electron chi connectivity index (χ1n) is 0. The van der Waals surface area contributed by atoms with Gasteiger partial charge in [-0.3, -0.25) is 0 Å². The molecule has 0 heterocycles. The summed E-state index contributed by atoms with van der Waals surface area (Å²) in [5.41, 5.74) is 0. The summed E-state index contributed by atoms with van der Waals surface area (Å²) in [6, 6.07) is 0. The van der Waals surface area contributed by atoms with Gasteiger partial charge in [0.15, 0.2) is 0 Å². The zero-order valence-electron chi connectivity index (χ0n) is 2.03. The van der Waals surface area contributed by atoms with Crippen molar-refractivity contribution in [2.45, 2.75) is 0 Å². The monoisotopic (exact) mass is 193 g/mol. The van der Waals surface area contributed by atoms with Crippen LogP contribution in [0.1, 0.15) is 0 Å². The van der Waals surface area contributed by atoms with Crippen LogP contribution < -0.4 is 0 Å². The first-order valence-corrected chi connectivity index (χ1v) is 0. The summed E-state index contributed by atoms with van der Waals surface area (Å²) in [4.78, 5) is 0. The normalized spacial score (nSPS) is 0. The van der Waals surface area contributed by atoms with Gasteiger partial charge in [0.2, 0.25) is 0 Å². The number of rotatable bonds is 0. The average Bonchev–Trinajstić information content (AvgIpc) is 0. The summed E-state index contributed by atoms with van der Waals surface area (Å²) >= 11 is 0. The van der Waals surface area contributed by atoms with E-state index in [1.807, 2.05) is 0 Å². The molecule has 31 valence electrons. The number of hydrogen-bond donors (Lipinski definition) is 0. The van der Waals surface area contributed by atoms with Crippen molar-refractivity contribution >= 4 is 0 Å². The fraction of sp³-hybridized carbons (Fsp3) is 0. The van der Waals surface area contributed by atoms with Gasteiger partial charge in [-0.15, -0.1) is 0 Å². The molecule has 0 rings (SSSR count). The van der Waals surface area contributed by atoms with Crippen molar-refractivity contribution in [2.75, 3.05) is 0 Å². The first kappa shape index (κ1) is 89.0. The van der Waals surface area contributed by atoms with Crippen LogP contribution >= 0.6 is 0 Å². The van der Waals surface area contributed by atoms with Gasteiger partial charge < -0.3 is 12.3 Å². The molecular weight excluding hydrogens is 193 g/mol. The largest absolute Gasteiger partial charge is 3.00 e. The molecule has 0 aliphatic heterocycles. The minimum atomic E-state index is 0. The van der Waals surface area contributed by atoms with Gasteiger partial charge in [-0.05, 0) is 0 Å². The summed E-state index contributed by atoms with van der Waals surface area (Å²) in [5.74, 6) is 0. The van der Waals surface area contributed by atoms with E-state index in [2.05, 4.69) is 0 Å². The smallest absolute Gasteiger partial charge is 2.00 e. The van der Waals surface area contributed by atoms with E-state index >= 15 is 0 Å². The van der Waals surface area contributed by atoms with Gasteiger partial charge in [0, 0.05) is 0 Å². The maximum absolute atomic E-state index is 0. The van der Waals surface area contributed by atoms with E-state index in [0.717, 1.165) is 0 Å². The fourth-order valence-corrected chi connectivity index (χ4v) is 0. The Balaban J connectivity index is 0. The molecule has 5 heavy (non-hydrogen) atoms. The van der Waals surface area contributed by atoms with E-state index in [1.165, 1.54) is 0 Å². The third kappa shape index (κ3) is 30.3. The zero-order valence-corrected chi connectivity index (χ0v) is 5.57. The summed E-state index contributed by atoms with van der Waals surface area (Å²) < 4.78 is 0. The summed E-state index contributed by atoms with van der Waals surface area (Å²) in [7, 11) is 0. The molecule has 0 aliphatic rings. The minimum Gasteiger partial charge on any atom is -3.00 e. The molecule has 0 fully saturated rings. The Bertz CT molecular complexity index is 4.85. The summed E-state index contributed by atoms with van der Waals surface area (Å²) in [6.45, 7) is 0. The third-order valence-electron chi connectivity index (χ3n) is 0. The minimum absolute atomic E-state index is 0. The van der Waals surface area contributed by atoms with Crippen LogP contribution in [0.15, 0.2) is 0 Å². The van der Waals surface area contributed by atoms with Crippen LogP contribution in [0.2, 0.25) is 0 Å². The molecule has 0 bridgehead atoms. The van der Waals surface area contributed by atoms with E-state index in [9.17, 15) is 0 Å². The molecule has 2 nitrogen and oxygen atoms in total. The van der Waals surface area contributed by atoms with Crippen molar-refractivity contribution in [3.05, 3.63) is 12.3 Å². The second kappa shape index (κ2) is 50.3. The third-order valence-corrected chi connectivity index (χ3v) is 0. The SMILES string of the molecule is [Mn+2].[Mn+2].[Mn+2].[N-3].[N-3]. The predicted octanol–water partition coefficient (Wildman–Crippen LogP) is 0.570. The van der Waals surface area contributed by atoms with Crippen LogP contribution in [0.3, 0.4) is 0 Å². The molecule has 0 aromatic carbocycles. The standard InChI is InChI=1S/3Mn.2N/q3*+2;2*-3. The van der Waals surface area contributed by atoms with Crippen LogP contribution in [0.25, 0.3) is 12.3 Å². The van der Waals surface area contributed by atoms with Gasteiger partial charge in [0.05, 0.1) is 0 Å². The van der Waals surface area contributed by atoms with Gasteiger partial charge in [-0.25, -0.2) is 0 Å². The molecule has 0 saturated heterocycles. The van der Waals surface area contributed by atoms with E-state index in [1.54, 1.807) is 0 Å². The Morgan fingerprint density at radius 2 is 0.400 bits per heavy atom. The quantitative estimate of drug-likeness (QED) is 0.504. The maximum atomic E-state index is 0. The van der Waals surface area contributed by atoms with Crippen LogP contribution in [0, 0.1) is 0 Å². The van der Waals surface area contributed by atoms with E-state index in [0.29, 0.717) is 0 Å². The molecule has 0 aromatic heterocycles. The van der Waals surface area contributed by atoms with Crippen molar-refractivity contribution in [2.24, 2.45) is 0 Å². The van der Waals surface area contributed by atoms with Crippen molar-refractivity contribution in [3.8, 4) is 0 Å². The Labute approximate surface area is 63.4 Å². The van der Waals surface area contributed by atoms with Crippen molar-refractivity contribution in [1.29, 1.82) is 0 Å². The Morgan fingerprint density at radius 1 is 0.400 bits per heavy atom. The zero-order chi connectivity index (χ0) is 0. The molecule has 0 amide bonds. The summed E-state index contributed by atoms with van der Waals surface area (Å²) in [5, 5.41) is 0. The maximum Gasteiger partial charge on any atom is 2.00 e. The van der Waals surface area contributed by atoms with Gasteiger partial charge in [0.1, 0.15) is 0 Å². The van der Waals surface area contributed by atoms with Crippen LogP contribution in [-0.4, -0.2) is 0 Å². The molecule has 5 heteroatoms.